The molecule has 174 valence electrons. The number of ether oxygens (including phenoxy) is 1. The minimum atomic E-state index is 0.140. The van der Waals surface area contributed by atoms with Gasteiger partial charge in [-0.3, -0.25) is 0 Å². The molecular formula is C31H34N2O. The molecule has 4 aromatic rings. The number of nitrogens with zero attached hydrogens (tertiary/aromatic N) is 1. The second kappa shape index (κ2) is 8.63. The van der Waals surface area contributed by atoms with Crippen LogP contribution in [-0.4, -0.2) is 24.8 Å². The normalized spacial score (nSPS) is 21.8. The first-order chi connectivity index (χ1) is 16.7. The summed E-state index contributed by atoms with van der Waals surface area (Å²) in [4.78, 5) is 0. The van der Waals surface area contributed by atoms with E-state index < -0.39 is 0 Å². The predicted molar refractivity (Wildman–Crippen MR) is 140 cm³/mol. The fourth-order valence-corrected chi connectivity index (χ4v) is 6.86. The average Bonchev–Trinajstić information content (AvgIpc) is 3.17. The zero-order valence-electron chi connectivity index (χ0n) is 20.3. The van der Waals surface area contributed by atoms with E-state index in [1.807, 2.05) is 7.11 Å². The zero-order chi connectivity index (χ0) is 23.1. The van der Waals surface area contributed by atoms with Crippen molar-refractivity contribution in [3.63, 3.8) is 0 Å². The third-order valence-corrected chi connectivity index (χ3v) is 8.59. The van der Waals surface area contributed by atoms with Crippen molar-refractivity contribution < 1.29 is 4.74 Å². The van der Waals surface area contributed by atoms with Gasteiger partial charge in [0, 0.05) is 29.1 Å². The molecule has 2 unspecified atom stereocenters. The van der Waals surface area contributed by atoms with E-state index in [0.717, 1.165) is 44.5 Å². The second-order valence-electron chi connectivity index (χ2n) is 10.2. The van der Waals surface area contributed by atoms with E-state index in [2.05, 4.69) is 89.7 Å². The number of rotatable bonds is 5. The highest BCUT2D eigenvalue weighted by Crippen LogP contribution is 2.50. The van der Waals surface area contributed by atoms with Gasteiger partial charge in [0.25, 0.3) is 0 Å². The quantitative estimate of drug-likeness (QED) is 0.427. The average molecular weight is 451 g/mol. The summed E-state index contributed by atoms with van der Waals surface area (Å²) in [6.45, 7) is 2.16. The Bertz CT molecular complexity index is 1320. The van der Waals surface area contributed by atoms with Crippen LogP contribution in [0.5, 0.6) is 5.75 Å². The number of nitrogens with one attached hydrogen (secondary N) is 1. The van der Waals surface area contributed by atoms with Gasteiger partial charge in [-0.05, 0) is 85.5 Å². The van der Waals surface area contributed by atoms with Crippen molar-refractivity contribution in [3.05, 3.63) is 101 Å². The Hall–Kier alpha value is -3.04. The standard InChI is InChI=1S/C31H34N2O/c1-33-28-13-7-6-11-24(28)26-19-23-21-32-18-17-31(23,20-29(26)33)27-12-8-14-30(34-2)25(27)16-15-22-9-4-3-5-10-22/h3-14,23,32H,15-21H2,1-2H3. The predicted octanol–water partition coefficient (Wildman–Crippen LogP) is 5.62. The molecule has 0 amide bonds. The number of hydrogen-bond acceptors (Lipinski definition) is 2. The van der Waals surface area contributed by atoms with E-state index in [0.29, 0.717) is 5.92 Å². The maximum atomic E-state index is 5.96. The van der Waals surface area contributed by atoms with Crippen molar-refractivity contribution in [3.8, 4) is 5.75 Å². The van der Waals surface area contributed by atoms with Crippen LogP contribution >= 0.6 is 0 Å². The van der Waals surface area contributed by atoms with Crippen LogP contribution in [0, 0.1) is 5.92 Å². The van der Waals surface area contributed by atoms with Crippen LogP contribution in [0.3, 0.4) is 0 Å². The lowest BCUT2D eigenvalue weighted by Crippen LogP contribution is -2.53. The van der Waals surface area contributed by atoms with Crippen LogP contribution in [-0.2, 0) is 38.1 Å². The molecule has 0 spiro atoms. The Morgan fingerprint density at radius 1 is 0.971 bits per heavy atom. The van der Waals surface area contributed by atoms with Crippen molar-refractivity contribution in [2.75, 3.05) is 20.2 Å². The Labute approximate surface area is 202 Å². The summed E-state index contributed by atoms with van der Waals surface area (Å²) >= 11 is 0. The topological polar surface area (TPSA) is 26.2 Å². The first-order valence-corrected chi connectivity index (χ1v) is 12.7. The van der Waals surface area contributed by atoms with Gasteiger partial charge in [-0.1, -0.05) is 60.7 Å². The fourth-order valence-electron chi connectivity index (χ4n) is 6.86. The lowest BCUT2D eigenvalue weighted by molar-refractivity contribution is 0.179. The zero-order valence-corrected chi connectivity index (χ0v) is 20.3. The molecule has 1 aliphatic heterocycles. The highest BCUT2D eigenvalue weighted by atomic mass is 16.5. The van der Waals surface area contributed by atoms with Crippen LogP contribution in [0.1, 0.15) is 34.4 Å². The molecule has 0 radical (unpaired) electrons. The van der Waals surface area contributed by atoms with Crippen molar-refractivity contribution in [2.24, 2.45) is 13.0 Å². The van der Waals surface area contributed by atoms with Crippen LogP contribution in [0.25, 0.3) is 10.9 Å². The Kier molecular flexibility index (Phi) is 5.45. The summed E-state index contributed by atoms with van der Waals surface area (Å²) in [6.07, 6.45) is 5.45. The largest absolute Gasteiger partial charge is 0.496 e. The third kappa shape index (κ3) is 3.37. The molecule has 3 aromatic carbocycles. The summed E-state index contributed by atoms with van der Waals surface area (Å²) < 4.78 is 8.43. The molecule has 34 heavy (non-hydrogen) atoms. The SMILES string of the molecule is COc1cccc(C23CCNCC2Cc2c(n(C)c4ccccc24)C3)c1CCc1ccccc1. The molecule has 2 atom stereocenters. The third-order valence-electron chi connectivity index (χ3n) is 8.59. The van der Waals surface area contributed by atoms with Gasteiger partial charge < -0.3 is 14.6 Å². The van der Waals surface area contributed by atoms with E-state index in [1.54, 1.807) is 5.56 Å². The van der Waals surface area contributed by atoms with Gasteiger partial charge in [-0.25, -0.2) is 0 Å². The molecule has 2 heterocycles. The van der Waals surface area contributed by atoms with Gasteiger partial charge in [0.1, 0.15) is 5.75 Å². The van der Waals surface area contributed by atoms with E-state index in [9.17, 15) is 0 Å². The second-order valence-corrected chi connectivity index (χ2v) is 10.2. The van der Waals surface area contributed by atoms with Crippen LogP contribution < -0.4 is 10.1 Å². The first kappa shape index (κ1) is 21.5. The van der Waals surface area contributed by atoms with Gasteiger partial charge >= 0.3 is 0 Å². The number of piperidine rings is 1. The molecule has 0 saturated carbocycles. The maximum absolute atomic E-state index is 5.96. The Morgan fingerprint density at radius 2 is 1.79 bits per heavy atom. The van der Waals surface area contributed by atoms with Gasteiger partial charge in [0.2, 0.25) is 0 Å². The Balaban J connectivity index is 1.48. The summed E-state index contributed by atoms with van der Waals surface area (Å²) in [5.74, 6) is 1.63. The van der Waals surface area contributed by atoms with Gasteiger partial charge in [0.15, 0.2) is 0 Å². The van der Waals surface area contributed by atoms with Crippen molar-refractivity contribution in [1.29, 1.82) is 0 Å². The van der Waals surface area contributed by atoms with Gasteiger partial charge in [-0.2, -0.15) is 0 Å². The summed E-state index contributed by atoms with van der Waals surface area (Å²) in [5, 5.41) is 5.17. The van der Waals surface area contributed by atoms with E-state index in [1.165, 1.54) is 39.7 Å². The minimum Gasteiger partial charge on any atom is -0.496 e. The summed E-state index contributed by atoms with van der Waals surface area (Å²) in [6, 6.07) is 26.6. The molecule has 3 nitrogen and oxygen atoms in total. The summed E-state index contributed by atoms with van der Waals surface area (Å²) in [7, 11) is 4.09. The first-order valence-electron chi connectivity index (χ1n) is 12.7. The van der Waals surface area contributed by atoms with Gasteiger partial charge in [-0.15, -0.1) is 0 Å². The lowest BCUT2D eigenvalue weighted by Gasteiger charge is -2.49. The monoisotopic (exact) mass is 450 g/mol. The van der Waals surface area contributed by atoms with Crippen molar-refractivity contribution in [2.45, 2.75) is 37.5 Å². The number of methoxy groups -OCH3 is 1. The molecule has 1 aliphatic carbocycles. The molecular weight excluding hydrogens is 416 g/mol. The fraction of sp³-hybridized carbons (Fsp3) is 0.355. The highest BCUT2D eigenvalue weighted by molar-refractivity contribution is 5.86. The number of aryl methyl sites for hydroxylation is 2. The molecule has 2 aliphatic rings. The van der Waals surface area contributed by atoms with E-state index >= 15 is 0 Å². The lowest BCUT2D eigenvalue weighted by atomic mass is 9.58. The number of fused-ring (bicyclic) bond motifs is 4. The van der Waals surface area contributed by atoms with Crippen LogP contribution in [0.4, 0.5) is 0 Å². The van der Waals surface area contributed by atoms with E-state index in [-0.39, 0.29) is 5.41 Å². The van der Waals surface area contributed by atoms with Gasteiger partial charge in [0.05, 0.1) is 7.11 Å². The van der Waals surface area contributed by atoms with Crippen LogP contribution in [0.2, 0.25) is 0 Å². The number of para-hydroxylation sites is 1. The molecule has 0 bridgehead atoms. The summed E-state index contributed by atoms with van der Waals surface area (Å²) in [5.41, 5.74) is 8.91. The van der Waals surface area contributed by atoms with Crippen molar-refractivity contribution >= 4 is 10.9 Å². The van der Waals surface area contributed by atoms with E-state index in [4.69, 9.17) is 4.74 Å². The molecule has 1 aromatic heterocycles. The highest BCUT2D eigenvalue weighted by Gasteiger charge is 2.48. The number of benzene rings is 3. The van der Waals surface area contributed by atoms with Crippen LogP contribution in [0.15, 0.2) is 72.8 Å². The van der Waals surface area contributed by atoms with Crippen molar-refractivity contribution in [1.82, 2.24) is 9.88 Å². The smallest absolute Gasteiger partial charge is 0.122 e. The molecule has 1 saturated heterocycles. The minimum absolute atomic E-state index is 0.140. The molecule has 6 rings (SSSR count). The molecule has 3 heteroatoms. The maximum Gasteiger partial charge on any atom is 0.122 e. The Morgan fingerprint density at radius 3 is 2.65 bits per heavy atom. The molecule has 1 fully saturated rings. The number of aromatic nitrogens is 1. The molecule has 1 N–H and O–H groups in total. The number of hydrogen-bond donors (Lipinski definition) is 1.